The fourth-order valence-corrected chi connectivity index (χ4v) is 4.45. The molecule has 1 heterocycles. The van der Waals surface area contributed by atoms with E-state index in [-0.39, 0.29) is 0 Å². The minimum Gasteiger partial charge on any atom is -0.208 e. The third-order valence-corrected chi connectivity index (χ3v) is 6.33. The van der Waals surface area contributed by atoms with Crippen molar-refractivity contribution in [3.63, 3.8) is 0 Å². The third kappa shape index (κ3) is 4.70. The topological polar surface area (TPSA) is 38.7 Å². The van der Waals surface area contributed by atoms with Crippen LogP contribution in [-0.2, 0) is 0 Å². The predicted molar refractivity (Wildman–Crippen MR) is 152 cm³/mol. The summed E-state index contributed by atoms with van der Waals surface area (Å²) in [6, 6.07) is 44.7. The molecule has 4 heteroatoms. The zero-order valence-electron chi connectivity index (χ0n) is 20.1. The zero-order valence-corrected chi connectivity index (χ0v) is 20.1. The summed E-state index contributed by atoms with van der Waals surface area (Å²) in [4.78, 5) is 14.5. The largest absolute Gasteiger partial charge is 0.208 e. The first-order valence-corrected chi connectivity index (χ1v) is 12.2. The molecule has 0 amide bonds. The molecule has 37 heavy (non-hydrogen) atoms. The van der Waals surface area contributed by atoms with E-state index in [1.807, 2.05) is 84.9 Å². The molecule has 0 bridgehead atoms. The van der Waals surface area contributed by atoms with Crippen molar-refractivity contribution in [3.05, 3.63) is 133 Å². The van der Waals surface area contributed by atoms with Crippen LogP contribution in [0.25, 0.3) is 56.4 Å². The van der Waals surface area contributed by atoms with E-state index in [1.54, 1.807) is 0 Å². The molecule has 0 aliphatic heterocycles. The lowest BCUT2D eigenvalue weighted by Gasteiger charge is -2.13. The van der Waals surface area contributed by atoms with Crippen LogP contribution >= 0.6 is 0 Å². The molecule has 0 atom stereocenters. The van der Waals surface area contributed by atoms with Gasteiger partial charge in [-0.25, -0.2) is 15.0 Å². The summed E-state index contributed by atoms with van der Waals surface area (Å²) in [5.74, 6) is 1.94. The molecular weight excluding hydrogens is 449 g/mol. The molecule has 2 radical (unpaired) electrons. The van der Waals surface area contributed by atoms with Gasteiger partial charge in [0.1, 0.15) is 7.85 Å². The van der Waals surface area contributed by atoms with E-state index in [9.17, 15) is 0 Å². The highest BCUT2D eigenvalue weighted by atomic mass is 15.0. The van der Waals surface area contributed by atoms with Crippen LogP contribution < -0.4 is 5.46 Å². The van der Waals surface area contributed by atoms with Gasteiger partial charge in [-0.1, -0.05) is 139 Å². The fourth-order valence-electron chi connectivity index (χ4n) is 4.45. The molecule has 0 saturated carbocycles. The van der Waals surface area contributed by atoms with Crippen LogP contribution in [0.5, 0.6) is 0 Å². The van der Waals surface area contributed by atoms with E-state index >= 15 is 0 Å². The Labute approximate surface area is 218 Å². The van der Waals surface area contributed by atoms with Gasteiger partial charge in [0, 0.05) is 16.7 Å². The Morgan fingerprint density at radius 2 is 0.703 bits per heavy atom. The van der Waals surface area contributed by atoms with Crippen molar-refractivity contribution in [2.75, 3.05) is 0 Å². The highest BCUT2D eigenvalue weighted by molar-refractivity contribution is 6.36. The summed E-state index contributed by atoms with van der Waals surface area (Å²) in [5, 5.41) is 0. The standard InChI is InChI=1S/C33H22BN3/c34-30-18-10-9-17-29(30)28-16-8-7-15-27(28)23-19-21-26(22-20-23)33-36-31(24-11-3-1-4-12-24)35-32(37-33)25-13-5-2-6-14-25/h1-22H. The van der Waals surface area contributed by atoms with Crippen LogP contribution in [0.2, 0.25) is 0 Å². The van der Waals surface area contributed by atoms with Crippen molar-refractivity contribution in [1.82, 2.24) is 15.0 Å². The van der Waals surface area contributed by atoms with E-state index in [0.717, 1.165) is 44.4 Å². The first-order chi connectivity index (χ1) is 18.3. The van der Waals surface area contributed by atoms with Gasteiger partial charge in [-0.3, -0.25) is 0 Å². The second kappa shape index (κ2) is 10.0. The Kier molecular flexibility index (Phi) is 6.14. The van der Waals surface area contributed by atoms with Gasteiger partial charge in [-0.2, -0.15) is 0 Å². The number of rotatable bonds is 5. The van der Waals surface area contributed by atoms with E-state index in [1.165, 1.54) is 0 Å². The SMILES string of the molecule is [B]c1ccccc1-c1ccccc1-c1ccc(-c2nc(-c3ccccc3)nc(-c3ccccc3)n2)cc1. The smallest absolute Gasteiger partial charge is 0.164 e. The van der Waals surface area contributed by atoms with E-state index in [2.05, 4.69) is 48.5 Å². The van der Waals surface area contributed by atoms with Crippen molar-refractivity contribution >= 4 is 13.3 Å². The third-order valence-electron chi connectivity index (χ3n) is 6.33. The average Bonchev–Trinajstić information content (AvgIpc) is 2.98. The Bertz CT molecular complexity index is 1610. The predicted octanol–water partition coefficient (Wildman–Crippen LogP) is 7.00. The summed E-state index contributed by atoms with van der Waals surface area (Å²) in [7, 11) is 6.30. The summed E-state index contributed by atoms with van der Waals surface area (Å²) in [5.41, 5.74) is 7.95. The van der Waals surface area contributed by atoms with Crippen molar-refractivity contribution in [1.29, 1.82) is 0 Å². The van der Waals surface area contributed by atoms with Crippen molar-refractivity contribution in [3.8, 4) is 56.4 Å². The van der Waals surface area contributed by atoms with Gasteiger partial charge in [0.25, 0.3) is 0 Å². The fraction of sp³-hybridized carbons (Fsp3) is 0. The molecule has 5 aromatic carbocycles. The van der Waals surface area contributed by atoms with E-state index < -0.39 is 0 Å². The van der Waals surface area contributed by atoms with Crippen LogP contribution in [-0.4, -0.2) is 22.8 Å². The van der Waals surface area contributed by atoms with Gasteiger partial charge in [0.05, 0.1) is 0 Å². The minimum absolute atomic E-state index is 0.639. The van der Waals surface area contributed by atoms with E-state index in [4.69, 9.17) is 22.8 Å². The van der Waals surface area contributed by atoms with Crippen LogP contribution in [0.3, 0.4) is 0 Å². The quantitative estimate of drug-likeness (QED) is 0.254. The van der Waals surface area contributed by atoms with Gasteiger partial charge < -0.3 is 0 Å². The maximum atomic E-state index is 6.30. The molecule has 6 rings (SSSR count). The lowest BCUT2D eigenvalue weighted by molar-refractivity contribution is 1.07. The zero-order chi connectivity index (χ0) is 25.0. The summed E-state index contributed by atoms with van der Waals surface area (Å²) in [6.45, 7) is 0. The van der Waals surface area contributed by atoms with Crippen LogP contribution in [0.15, 0.2) is 133 Å². The number of hydrogen-bond donors (Lipinski definition) is 0. The molecule has 0 N–H and O–H groups in total. The molecule has 3 nitrogen and oxygen atoms in total. The Balaban J connectivity index is 1.43. The summed E-state index contributed by atoms with van der Waals surface area (Å²) >= 11 is 0. The number of nitrogens with zero attached hydrogens (tertiary/aromatic N) is 3. The molecular formula is C33H22BN3. The van der Waals surface area contributed by atoms with Crippen LogP contribution in [0.1, 0.15) is 0 Å². The lowest BCUT2D eigenvalue weighted by atomic mass is 9.84. The van der Waals surface area contributed by atoms with Crippen LogP contribution in [0, 0.1) is 0 Å². The minimum atomic E-state index is 0.639. The van der Waals surface area contributed by atoms with Crippen molar-refractivity contribution < 1.29 is 0 Å². The van der Waals surface area contributed by atoms with Crippen molar-refractivity contribution in [2.24, 2.45) is 0 Å². The summed E-state index contributed by atoms with van der Waals surface area (Å²) in [6.07, 6.45) is 0. The highest BCUT2D eigenvalue weighted by Gasteiger charge is 2.13. The maximum absolute atomic E-state index is 6.30. The van der Waals surface area contributed by atoms with Crippen LogP contribution in [0.4, 0.5) is 0 Å². The van der Waals surface area contributed by atoms with Gasteiger partial charge in [0.2, 0.25) is 0 Å². The second-order valence-electron chi connectivity index (χ2n) is 8.75. The molecule has 0 spiro atoms. The first kappa shape index (κ1) is 22.6. The normalized spacial score (nSPS) is 10.8. The van der Waals surface area contributed by atoms with Crippen molar-refractivity contribution in [2.45, 2.75) is 0 Å². The van der Waals surface area contributed by atoms with Gasteiger partial charge in [-0.05, 0) is 22.3 Å². The summed E-state index contributed by atoms with van der Waals surface area (Å²) < 4.78 is 0. The Morgan fingerprint density at radius 3 is 1.22 bits per heavy atom. The lowest BCUT2D eigenvalue weighted by Crippen LogP contribution is -2.06. The molecule has 172 valence electrons. The number of aromatic nitrogens is 3. The molecule has 6 aromatic rings. The number of hydrogen-bond acceptors (Lipinski definition) is 3. The van der Waals surface area contributed by atoms with E-state index in [0.29, 0.717) is 17.5 Å². The van der Waals surface area contributed by atoms with Gasteiger partial charge in [-0.15, -0.1) is 0 Å². The molecule has 0 aliphatic carbocycles. The molecule has 0 aliphatic rings. The Morgan fingerprint density at radius 1 is 0.324 bits per heavy atom. The molecule has 0 fully saturated rings. The Hall–Kier alpha value is -4.83. The maximum Gasteiger partial charge on any atom is 0.164 e. The highest BCUT2D eigenvalue weighted by Crippen LogP contribution is 2.32. The average molecular weight is 471 g/mol. The molecule has 0 saturated heterocycles. The van der Waals surface area contributed by atoms with Gasteiger partial charge in [0.15, 0.2) is 17.5 Å². The molecule has 0 unspecified atom stereocenters. The second-order valence-corrected chi connectivity index (χ2v) is 8.75. The monoisotopic (exact) mass is 471 g/mol. The number of benzene rings is 5. The van der Waals surface area contributed by atoms with Gasteiger partial charge >= 0.3 is 0 Å². The first-order valence-electron chi connectivity index (χ1n) is 12.2. The molecule has 1 aromatic heterocycles.